The molecule has 0 saturated heterocycles. The largest absolute Gasteiger partial charge is 0.383 e. The third kappa shape index (κ3) is 3.96. The van der Waals surface area contributed by atoms with Crippen molar-refractivity contribution in [2.24, 2.45) is 4.99 Å². The summed E-state index contributed by atoms with van der Waals surface area (Å²) in [7, 11) is 1.71. The number of hydrogen-bond donors (Lipinski definition) is 0. The van der Waals surface area contributed by atoms with Crippen molar-refractivity contribution in [3.63, 3.8) is 0 Å². The molecule has 2 aromatic heterocycles. The Labute approximate surface area is 147 Å². The number of ether oxygens (including phenoxy) is 1. The van der Waals surface area contributed by atoms with Gasteiger partial charge in [0.15, 0.2) is 4.80 Å². The number of halogens is 1. The number of methoxy groups -OCH3 is 1. The van der Waals surface area contributed by atoms with Gasteiger partial charge in [-0.3, -0.25) is 4.98 Å². The van der Waals surface area contributed by atoms with Crippen LogP contribution in [0, 0.1) is 0 Å². The number of pyridine rings is 1. The van der Waals surface area contributed by atoms with Gasteiger partial charge < -0.3 is 9.30 Å². The second-order valence-electron chi connectivity index (χ2n) is 4.88. The molecule has 23 heavy (non-hydrogen) atoms. The highest BCUT2D eigenvalue weighted by Gasteiger charge is 2.08. The SMILES string of the molecule is COCCn1c(-c2cccc(Br)c2)csc1=Nc1cccnc1. The molecular formula is C17H16BrN3OS. The molecule has 0 atom stereocenters. The molecule has 0 spiro atoms. The lowest BCUT2D eigenvalue weighted by atomic mass is 10.2. The van der Waals surface area contributed by atoms with Gasteiger partial charge in [0.05, 0.1) is 24.2 Å². The predicted molar refractivity (Wildman–Crippen MR) is 96.8 cm³/mol. The van der Waals surface area contributed by atoms with Crippen LogP contribution in [0.4, 0.5) is 5.69 Å². The molecule has 0 unspecified atom stereocenters. The molecule has 0 aliphatic carbocycles. The van der Waals surface area contributed by atoms with Crippen molar-refractivity contribution < 1.29 is 4.74 Å². The van der Waals surface area contributed by atoms with Gasteiger partial charge in [0.2, 0.25) is 0 Å². The van der Waals surface area contributed by atoms with Crippen molar-refractivity contribution in [1.29, 1.82) is 0 Å². The first kappa shape index (κ1) is 16.1. The van der Waals surface area contributed by atoms with Crippen LogP contribution in [-0.2, 0) is 11.3 Å². The monoisotopic (exact) mass is 389 g/mol. The maximum atomic E-state index is 5.26. The summed E-state index contributed by atoms with van der Waals surface area (Å²) >= 11 is 5.15. The highest BCUT2D eigenvalue weighted by Crippen LogP contribution is 2.24. The minimum atomic E-state index is 0.637. The first-order valence-corrected chi connectivity index (χ1v) is 8.83. The van der Waals surface area contributed by atoms with Crippen molar-refractivity contribution in [1.82, 2.24) is 9.55 Å². The van der Waals surface area contributed by atoms with Crippen LogP contribution in [0.3, 0.4) is 0 Å². The number of nitrogens with zero attached hydrogens (tertiary/aromatic N) is 3. The Kier molecular flexibility index (Phi) is 5.38. The summed E-state index contributed by atoms with van der Waals surface area (Å²) < 4.78 is 8.50. The first-order chi connectivity index (χ1) is 11.3. The summed E-state index contributed by atoms with van der Waals surface area (Å²) in [6, 6.07) is 12.1. The van der Waals surface area contributed by atoms with E-state index in [2.05, 4.69) is 43.0 Å². The average Bonchev–Trinajstić information content (AvgIpc) is 2.96. The quantitative estimate of drug-likeness (QED) is 0.653. The van der Waals surface area contributed by atoms with Crippen LogP contribution in [0.5, 0.6) is 0 Å². The van der Waals surface area contributed by atoms with Crippen LogP contribution in [-0.4, -0.2) is 23.3 Å². The Hall–Kier alpha value is -1.76. The molecule has 0 aliphatic heterocycles. The van der Waals surface area contributed by atoms with E-state index in [1.165, 1.54) is 0 Å². The van der Waals surface area contributed by atoms with Gasteiger partial charge in [0, 0.05) is 35.3 Å². The summed E-state index contributed by atoms with van der Waals surface area (Å²) in [5, 5.41) is 2.13. The molecule has 0 radical (unpaired) electrons. The average molecular weight is 390 g/mol. The van der Waals surface area contributed by atoms with Gasteiger partial charge in [0.1, 0.15) is 0 Å². The van der Waals surface area contributed by atoms with Gasteiger partial charge in [-0.05, 0) is 24.3 Å². The first-order valence-electron chi connectivity index (χ1n) is 7.16. The lowest BCUT2D eigenvalue weighted by molar-refractivity contribution is 0.187. The smallest absolute Gasteiger partial charge is 0.190 e. The van der Waals surface area contributed by atoms with Crippen molar-refractivity contribution in [3.8, 4) is 11.3 Å². The van der Waals surface area contributed by atoms with E-state index >= 15 is 0 Å². The van der Waals surface area contributed by atoms with Crippen molar-refractivity contribution in [2.75, 3.05) is 13.7 Å². The van der Waals surface area contributed by atoms with Crippen LogP contribution in [0.1, 0.15) is 0 Å². The molecule has 0 fully saturated rings. The Balaban J connectivity index is 2.09. The van der Waals surface area contributed by atoms with E-state index in [1.807, 2.05) is 24.3 Å². The van der Waals surface area contributed by atoms with E-state index in [4.69, 9.17) is 9.73 Å². The molecule has 118 valence electrons. The zero-order valence-corrected chi connectivity index (χ0v) is 15.0. The van der Waals surface area contributed by atoms with Crippen LogP contribution >= 0.6 is 27.3 Å². The Morgan fingerprint density at radius 3 is 2.96 bits per heavy atom. The minimum absolute atomic E-state index is 0.637. The molecule has 3 aromatic rings. The van der Waals surface area contributed by atoms with Crippen LogP contribution in [0.2, 0.25) is 0 Å². The number of thiazole rings is 1. The molecule has 0 saturated carbocycles. The predicted octanol–water partition coefficient (Wildman–Crippen LogP) is 4.25. The molecule has 4 nitrogen and oxygen atoms in total. The van der Waals surface area contributed by atoms with Crippen molar-refractivity contribution >= 4 is 33.0 Å². The summed E-state index contributed by atoms with van der Waals surface area (Å²) in [5.41, 5.74) is 3.14. The molecule has 6 heteroatoms. The van der Waals surface area contributed by atoms with E-state index < -0.39 is 0 Å². The van der Waals surface area contributed by atoms with Gasteiger partial charge in [-0.25, -0.2) is 4.99 Å². The number of aromatic nitrogens is 2. The van der Waals surface area contributed by atoms with Crippen molar-refractivity contribution in [2.45, 2.75) is 6.54 Å². The minimum Gasteiger partial charge on any atom is -0.383 e. The molecular weight excluding hydrogens is 374 g/mol. The Bertz CT molecular complexity index is 842. The molecule has 0 amide bonds. The lowest BCUT2D eigenvalue weighted by Crippen LogP contribution is -2.18. The van der Waals surface area contributed by atoms with Crippen molar-refractivity contribution in [3.05, 3.63) is 63.4 Å². The highest BCUT2D eigenvalue weighted by molar-refractivity contribution is 9.10. The summed E-state index contributed by atoms with van der Waals surface area (Å²) in [6.45, 7) is 1.39. The van der Waals surface area contributed by atoms with Crippen LogP contribution in [0.25, 0.3) is 11.3 Å². The number of hydrogen-bond acceptors (Lipinski definition) is 4. The van der Waals surface area contributed by atoms with E-state index in [1.54, 1.807) is 30.8 Å². The van der Waals surface area contributed by atoms with Crippen LogP contribution < -0.4 is 4.80 Å². The summed E-state index contributed by atoms with van der Waals surface area (Å²) in [4.78, 5) is 9.77. The van der Waals surface area contributed by atoms with Gasteiger partial charge in [-0.15, -0.1) is 11.3 Å². The van der Waals surface area contributed by atoms with E-state index in [-0.39, 0.29) is 0 Å². The van der Waals surface area contributed by atoms with Crippen LogP contribution in [0.15, 0.2) is 63.6 Å². The van der Waals surface area contributed by atoms with Gasteiger partial charge in [-0.2, -0.15) is 0 Å². The maximum absolute atomic E-state index is 5.26. The maximum Gasteiger partial charge on any atom is 0.190 e. The fourth-order valence-electron chi connectivity index (χ4n) is 2.23. The normalized spacial score (nSPS) is 11.8. The third-order valence-electron chi connectivity index (χ3n) is 3.31. The van der Waals surface area contributed by atoms with E-state index in [0.29, 0.717) is 6.61 Å². The third-order valence-corrected chi connectivity index (χ3v) is 4.66. The summed E-state index contributed by atoms with van der Waals surface area (Å²) in [6.07, 6.45) is 3.51. The highest BCUT2D eigenvalue weighted by atomic mass is 79.9. The second kappa shape index (κ2) is 7.68. The fourth-order valence-corrected chi connectivity index (χ4v) is 3.58. The summed E-state index contributed by atoms with van der Waals surface area (Å²) in [5.74, 6) is 0. The standard InChI is InChI=1S/C17H16BrN3OS/c1-22-9-8-21-16(13-4-2-5-14(18)10-13)12-23-17(21)20-15-6-3-7-19-11-15/h2-7,10-12H,8-9H2,1H3. The molecule has 2 heterocycles. The van der Waals surface area contributed by atoms with Gasteiger partial charge in [0.25, 0.3) is 0 Å². The van der Waals surface area contributed by atoms with E-state index in [0.717, 1.165) is 32.8 Å². The van der Waals surface area contributed by atoms with E-state index in [9.17, 15) is 0 Å². The Morgan fingerprint density at radius 1 is 1.30 bits per heavy atom. The topological polar surface area (TPSA) is 39.4 Å². The zero-order chi connectivity index (χ0) is 16.1. The molecule has 0 bridgehead atoms. The molecule has 3 rings (SSSR count). The second-order valence-corrected chi connectivity index (χ2v) is 6.63. The fraction of sp³-hybridized carbons (Fsp3) is 0.176. The van der Waals surface area contributed by atoms with Gasteiger partial charge in [-0.1, -0.05) is 28.1 Å². The number of rotatable bonds is 5. The Morgan fingerprint density at radius 2 is 2.22 bits per heavy atom. The molecule has 0 aliphatic rings. The zero-order valence-electron chi connectivity index (χ0n) is 12.6. The van der Waals surface area contributed by atoms with Gasteiger partial charge >= 0.3 is 0 Å². The lowest BCUT2D eigenvalue weighted by Gasteiger charge is -2.09. The molecule has 1 aromatic carbocycles. The molecule has 0 N–H and O–H groups in total. The number of benzene rings is 1.